The van der Waals surface area contributed by atoms with Gasteiger partial charge in [-0.25, -0.2) is 8.42 Å². The van der Waals surface area contributed by atoms with Crippen LogP contribution in [0.25, 0.3) is 0 Å². The molecule has 0 aromatic heterocycles. The van der Waals surface area contributed by atoms with E-state index in [4.69, 9.17) is 0 Å². The van der Waals surface area contributed by atoms with Crippen molar-refractivity contribution >= 4 is 15.7 Å². The van der Waals surface area contributed by atoms with Crippen LogP contribution in [0.15, 0.2) is 0 Å². The summed E-state index contributed by atoms with van der Waals surface area (Å²) in [5, 5.41) is 3.56. The molecule has 1 atom stereocenters. The van der Waals surface area contributed by atoms with Gasteiger partial charge in [0.1, 0.15) is 9.84 Å². The minimum absolute atomic E-state index is 0.0893. The first-order valence-corrected chi connectivity index (χ1v) is 9.60. The van der Waals surface area contributed by atoms with Crippen molar-refractivity contribution < 1.29 is 13.2 Å². The Labute approximate surface area is 121 Å². The standard InChI is InChI=1S/C14H24N2O3S/c1-2-12-15-14(7-3-4-8-14)13(17)16(12)11-5-9-20(18,19)10-6-11/h11-12,15H,2-10H2,1H3. The second-order valence-electron chi connectivity index (χ2n) is 6.45. The molecule has 3 fully saturated rings. The Hall–Kier alpha value is -0.620. The summed E-state index contributed by atoms with van der Waals surface area (Å²) in [7, 11) is -2.87. The van der Waals surface area contributed by atoms with Gasteiger partial charge in [-0.15, -0.1) is 0 Å². The number of hydrogen-bond acceptors (Lipinski definition) is 4. The third-order valence-corrected chi connectivity index (χ3v) is 6.90. The smallest absolute Gasteiger partial charge is 0.244 e. The lowest BCUT2D eigenvalue weighted by molar-refractivity contribution is -0.135. The maximum absolute atomic E-state index is 12.9. The van der Waals surface area contributed by atoms with Gasteiger partial charge in [-0.1, -0.05) is 19.8 Å². The minimum atomic E-state index is -2.87. The van der Waals surface area contributed by atoms with Crippen LogP contribution in [-0.4, -0.2) is 48.5 Å². The molecule has 0 aromatic carbocycles. The molecule has 114 valence electrons. The highest BCUT2D eigenvalue weighted by atomic mass is 32.2. The summed E-state index contributed by atoms with van der Waals surface area (Å²) >= 11 is 0. The van der Waals surface area contributed by atoms with Crippen LogP contribution in [-0.2, 0) is 14.6 Å². The molecular weight excluding hydrogens is 276 g/mol. The van der Waals surface area contributed by atoms with Crippen molar-refractivity contribution in [2.75, 3.05) is 11.5 Å². The van der Waals surface area contributed by atoms with E-state index < -0.39 is 9.84 Å². The average molecular weight is 300 g/mol. The van der Waals surface area contributed by atoms with E-state index in [1.54, 1.807) is 0 Å². The van der Waals surface area contributed by atoms with Gasteiger partial charge in [0.2, 0.25) is 5.91 Å². The van der Waals surface area contributed by atoms with E-state index in [1.807, 2.05) is 4.90 Å². The third-order valence-electron chi connectivity index (χ3n) is 5.18. The van der Waals surface area contributed by atoms with Crippen LogP contribution in [0.3, 0.4) is 0 Å². The fourth-order valence-electron chi connectivity index (χ4n) is 4.05. The average Bonchev–Trinajstić information content (AvgIpc) is 2.98. The van der Waals surface area contributed by atoms with Gasteiger partial charge in [0.15, 0.2) is 0 Å². The molecule has 2 heterocycles. The van der Waals surface area contributed by atoms with Crippen molar-refractivity contribution in [3.8, 4) is 0 Å². The Kier molecular flexibility index (Phi) is 3.57. The van der Waals surface area contributed by atoms with Gasteiger partial charge in [0, 0.05) is 6.04 Å². The molecule has 2 aliphatic heterocycles. The maximum atomic E-state index is 12.9. The lowest BCUT2D eigenvalue weighted by Gasteiger charge is -2.34. The Morgan fingerprint density at radius 2 is 1.85 bits per heavy atom. The highest BCUT2D eigenvalue weighted by Gasteiger charge is 2.53. The van der Waals surface area contributed by atoms with Crippen molar-refractivity contribution in [3.63, 3.8) is 0 Å². The van der Waals surface area contributed by atoms with Gasteiger partial charge in [-0.3, -0.25) is 10.1 Å². The topological polar surface area (TPSA) is 66.5 Å². The summed E-state index contributed by atoms with van der Waals surface area (Å²) in [6.45, 7) is 2.09. The highest BCUT2D eigenvalue weighted by Crippen LogP contribution is 2.39. The molecule has 6 heteroatoms. The number of sulfone groups is 1. The monoisotopic (exact) mass is 300 g/mol. The molecule has 1 aliphatic carbocycles. The van der Waals surface area contributed by atoms with Crippen molar-refractivity contribution in [2.24, 2.45) is 0 Å². The summed E-state index contributed by atoms with van der Waals surface area (Å²) in [4.78, 5) is 14.9. The zero-order valence-electron chi connectivity index (χ0n) is 12.1. The number of nitrogens with one attached hydrogen (secondary N) is 1. The first-order chi connectivity index (χ1) is 9.47. The third kappa shape index (κ3) is 2.26. The van der Waals surface area contributed by atoms with Gasteiger partial charge >= 0.3 is 0 Å². The summed E-state index contributed by atoms with van der Waals surface area (Å²) in [6, 6.07) is 0.100. The Morgan fingerprint density at radius 1 is 1.25 bits per heavy atom. The van der Waals surface area contributed by atoms with E-state index in [0.29, 0.717) is 12.8 Å². The van der Waals surface area contributed by atoms with Crippen LogP contribution < -0.4 is 5.32 Å². The summed E-state index contributed by atoms with van der Waals surface area (Å²) in [5.41, 5.74) is -0.336. The van der Waals surface area contributed by atoms with Crippen LogP contribution in [0.4, 0.5) is 0 Å². The molecule has 1 unspecified atom stereocenters. The largest absolute Gasteiger partial charge is 0.323 e. The highest BCUT2D eigenvalue weighted by molar-refractivity contribution is 7.91. The Bertz CT molecular complexity index is 483. The van der Waals surface area contributed by atoms with Crippen LogP contribution in [0.1, 0.15) is 51.9 Å². The normalized spacial score (nSPS) is 33.1. The second kappa shape index (κ2) is 4.98. The van der Waals surface area contributed by atoms with Gasteiger partial charge < -0.3 is 4.90 Å². The first-order valence-electron chi connectivity index (χ1n) is 7.78. The molecule has 1 amide bonds. The molecule has 1 spiro atoms. The van der Waals surface area contributed by atoms with E-state index in [1.165, 1.54) is 0 Å². The first kappa shape index (κ1) is 14.3. The zero-order valence-corrected chi connectivity index (χ0v) is 12.9. The van der Waals surface area contributed by atoms with E-state index in [0.717, 1.165) is 32.1 Å². The van der Waals surface area contributed by atoms with Crippen LogP contribution in [0.5, 0.6) is 0 Å². The molecule has 1 saturated carbocycles. The summed E-state index contributed by atoms with van der Waals surface area (Å²) < 4.78 is 23.1. The van der Waals surface area contributed by atoms with Gasteiger partial charge in [0.05, 0.1) is 23.2 Å². The summed E-state index contributed by atoms with van der Waals surface area (Å²) in [5.74, 6) is 0.682. The molecule has 0 bridgehead atoms. The maximum Gasteiger partial charge on any atom is 0.244 e. The molecule has 2 saturated heterocycles. The lowest BCUT2D eigenvalue weighted by atomic mass is 9.97. The van der Waals surface area contributed by atoms with E-state index in [2.05, 4.69) is 12.2 Å². The Balaban J connectivity index is 1.79. The SMILES string of the molecule is CCC1NC2(CCCC2)C(=O)N1C1CCS(=O)(=O)CC1. The van der Waals surface area contributed by atoms with Crippen molar-refractivity contribution in [3.05, 3.63) is 0 Å². The van der Waals surface area contributed by atoms with Gasteiger partial charge in [-0.2, -0.15) is 0 Å². The fourth-order valence-corrected chi connectivity index (χ4v) is 5.52. The van der Waals surface area contributed by atoms with Crippen LogP contribution in [0, 0.1) is 0 Å². The van der Waals surface area contributed by atoms with Crippen LogP contribution in [0.2, 0.25) is 0 Å². The minimum Gasteiger partial charge on any atom is -0.323 e. The quantitative estimate of drug-likeness (QED) is 0.827. The number of nitrogens with zero attached hydrogens (tertiary/aromatic N) is 1. The number of rotatable bonds is 2. The molecule has 20 heavy (non-hydrogen) atoms. The molecule has 0 radical (unpaired) electrons. The van der Waals surface area contributed by atoms with Gasteiger partial charge in [0.25, 0.3) is 0 Å². The van der Waals surface area contributed by atoms with Crippen molar-refractivity contribution in [1.82, 2.24) is 10.2 Å². The fraction of sp³-hybridized carbons (Fsp3) is 0.929. The van der Waals surface area contributed by atoms with Crippen molar-refractivity contribution in [1.29, 1.82) is 0 Å². The van der Waals surface area contributed by atoms with E-state index in [9.17, 15) is 13.2 Å². The number of amides is 1. The predicted octanol–water partition coefficient (Wildman–Crippen LogP) is 1.04. The molecule has 0 aromatic rings. The van der Waals surface area contributed by atoms with Crippen LogP contribution >= 0.6 is 0 Å². The van der Waals surface area contributed by atoms with Gasteiger partial charge in [-0.05, 0) is 32.1 Å². The number of hydrogen-bond donors (Lipinski definition) is 1. The molecule has 3 aliphatic rings. The Morgan fingerprint density at radius 3 is 2.40 bits per heavy atom. The molecule has 5 nitrogen and oxygen atoms in total. The molecular formula is C14H24N2O3S. The van der Waals surface area contributed by atoms with E-state index >= 15 is 0 Å². The number of carbonyl (C=O) groups is 1. The number of carbonyl (C=O) groups excluding carboxylic acids is 1. The molecule has 1 N–H and O–H groups in total. The second-order valence-corrected chi connectivity index (χ2v) is 8.76. The zero-order chi connectivity index (χ0) is 14.4. The summed E-state index contributed by atoms with van der Waals surface area (Å²) in [6.07, 6.45) is 6.27. The molecule has 3 rings (SSSR count). The van der Waals surface area contributed by atoms with Crippen molar-refractivity contribution in [2.45, 2.75) is 69.6 Å². The predicted molar refractivity (Wildman–Crippen MR) is 76.9 cm³/mol. The van der Waals surface area contributed by atoms with E-state index in [-0.39, 0.29) is 35.2 Å². The lowest BCUT2D eigenvalue weighted by Crippen LogP contribution is -2.48.